The molecule has 0 aliphatic heterocycles. The second kappa shape index (κ2) is 3.46. The van der Waals surface area contributed by atoms with E-state index in [1.54, 1.807) is 0 Å². The summed E-state index contributed by atoms with van der Waals surface area (Å²) in [4.78, 5) is 2.49. The van der Waals surface area contributed by atoms with E-state index in [1.807, 2.05) is 0 Å². The van der Waals surface area contributed by atoms with E-state index in [2.05, 4.69) is 32.6 Å². The Morgan fingerprint density at radius 2 is 1.87 bits per heavy atom. The molecule has 0 saturated heterocycles. The first-order valence-electron chi connectivity index (χ1n) is 6.42. The van der Waals surface area contributed by atoms with Crippen molar-refractivity contribution in [3.05, 3.63) is 0 Å². The maximum Gasteiger partial charge on any atom is 0.0777 e. The first-order chi connectivity index (χ1) is 6.99. The van der Waals surface area contributed by atoms with Crippen molar-refractivity contribution < 1.29 is 5.11 Å². The van der Waals surface area contributed by atoms with Crippen molar-refractivity contribution in [1.29, 1.82) is 0 Å². The Bertz CT molecular complexity index is 247. The quantitative estimate of drug-likeness (QED) is 0.774. The molecule has 0 aromatic carbocycles. The number of rotatable bonds is 3. The van der Waals surface area contributed by atoms with Crippen molar-refractivity contribution in [3.63, 3.8) is 0 Å². The van der Waals surface area contributed by atoms with Crippen molar-refractivity contribution >= 4 is 0 Å². The van der Waals surface area contributed by atoms with E-state index < -0.39 is 0 Å². The Morgan fingerprint density at radius 1 is 1.27 bits per heavy atom. The van der Waals surface area contributed by atoms with Crippen LogP contribution in [0.4, 0.5) is 0 Å². The molecule has 0 aromatic heterocycles. The second-order valence-electron chi connectivity index (χ2n) is 5.94. The number of likely N-dealkylation sites (N-methyl/N-ethyl adjacent to an activating group) is 1. The molecule has 2 saturated carbocycles. The van der Waals surface area contributed by atoms with E-state index in [9.17, 15) is 5.11 Å². The Morgan fingerprint density at radius 3 is 2.27 bits per heavy atom. The van der Waals surface area contributed by atoms with Gasteiger partial charge in [0.05, 0.1) is 6.10 Å². The number of aliphatic hydroxyl groups excluding tert-OH is 1. The highest BCUT2D eigenvalue weighted by Crippen LogP contribution is 2.59. The van der Waals surface area contributed by atoms with Crippen LogP contribution in [0.1, 0.15) is 47.0 Å². The van der Waals surface area contributed by atoms with E-state index in [-0.39, 0.29) is 17.1 Å². The molecule has 3 atom stereocenters. The minimum absolute atomic E-state index is 0.109. The summed E-state index contributed by atoms with van der Waals surface area (Å²) in [5.41, 5.74) is 0.235. The van der Waals surface area contributed by atoms with Crippen LogP contribution in [0.25, 0.3) is 0 Å². The fraction of sp³-hybridized carbons (Fsp3) is 1.00. The zero-order valence-electron chi connectivity index (χ0n) is 10.6. The molecule has 2 fully saturated rings. The molecule has 0 heterocycles. The fourth-order valence-corrected chi connectivity index (χ4v) is 4.17. The molecule has 88 valence electrons. The molecule has 2 aliphatic carbocycles. The summed E-state index contributed by atoms with van der Waals surface area (Å²) >= 11 is 0. The van der Waals surface area contributed by atoms with Crippen molar-refractivity contribution in [1.82, 2.24) is 4.90 Å². The Labute approximate surface area is 93.7 Å². The monoisotopic (exact) mass is 211 g/mol. The molecule has 2 bridgehead atoms. The van der Waals surface area contributed by atoms with Gasteiger partial charge in [-0.15, -0.1) is 0 Å². The lowest BCUT2D eigenvalue weighted by Crippen LogP contribution is -2.56. The van der Waals surface area contributed by atoms with E-state index >= 15 is 0 Å². The zero-order chi connectivity index (χ0) is 11.3. The van der Waals surface area contributed by atoms with Crippen molar-refractivity contribution in [2.24, 2.45) is 11.3 Å². The van der Waals surface area contributed by atoms with Gasteiger partial charge in [0.15, 0.2) is 0 Å². The summed E-state index contributed by atoms with van der Waals surface area (Å²) in [6.07, 6.45) is 3.58. The van der Waals surface area contributed by atoms with Gasteiger partial charge < -0.3 is 5.11 Å². The summed E-state index contributed by atoms with van der Waals surface area (Å²) in [7, 11) is 0. The standard InChI is InChI=1S/C13H25NO/c1-5-14(6-2)13-8-7-10(9-13)12(3,4)11(13)15/h10-11,15H,5-9H2,1-4H3/t10-,11-,13-/m1/s1. The molecule has 0 amide bonds. The van der Waals surface area contributed by atoms with Crippen molar-refractivity contribution in [2.75, 3.05) is 13.1 Å². The molecular weight excluding hydrogens is 186 g/mol. The Balaban J connectivity index is 2.30. The maximum atomic E-state index is 10.6. The van der Waals surface area contributed by atoms with Gasteiger partial charge >= 0.3 is 0 Å². The summed E-state index contributed by atoms with van der Waals surface area (Å²) in [6, 6.07) is 0. The van der Waals surface area contributed by atoms with Crippen LogP contribution < -0.4 is 0 Å². The number of hydrogen-bond acceptors (Lipinski definition) is 2. The third kappa shape index (κ3) is 1.31. The largest absolute Gasteiger partial charge is 0.391 e. The molecule has 0 aromatic rings. The molecule has 2 nitrogen and oxygen atoms in total. The molecule has 0 radical (unpaired) electrons. The molecular formula is C13H25NO. The lowest BCUT2D eigenvalue weighted by Gasteiger charge is -2.46. The van der Waals surface area contributed by atoms with Crippen LogP contribution in [0.2, 0.25) is 0 Å². The highest BCUT2D eigenvalue weighted by Gasteiger charge is 2.62. The third-order valence-electron chi connectivity index (χ3n) is 5.18. The summed E-state index contributed by atoms with van der Waals surface area (Å²) in [5.74, 6) is 0.730. The van der Waals surface area contributed by atoms with E-state index in [0.717, 1.165) is 19.0 Å². The predicted octanol–water partition coefficient (Wildman–Crippen LogP) is 2.27. The van der Waals surface area contributed by atoms with Crippen LogP contribution >= 0.6 is 0 Å². The topological polar surface area (TPSA) is 23.5 Å². The molecule has 0 spiro atoms. The second-order valence-corrected chi connectivity index (χ2v) is 5.94. The number of aliphatic hydroxyl groups is 1. The summed E-state index contributed by atoms with van der Waals surface area (Å²) < 4.78 is 0. The molecule has 1 N–H and O–H groups in total. The average Bonchev–Trinajstić information content (AvgIpc) is 2.70. The smallest absolute Gasteiger partial charge is 0.0777 e. The van der Waals surface area contributed by atoms with E-state index in [1.165, 1.54) is 19.3 Å². The number of fused-ring (bicyclic) bond motifs is 2. The Kier molecular flexibility index (Phi) is 2.63. The van der Waals surface area contributed by atoms with Gasteiger partial charge in [-0.2, -0.15) is 0 Å². The highest BCUT2D eigenvalue weighted by atomic mass is 16.3. The van der Waals surface area contributed by atoms with Crippen molar-refractivity contribution in [3.8, 4) is 0 Å². The molecule has 2 heteroatoms. The number of nitrogens with zero attached hydrogens (tertiary/aromatic N) is 1. The fourth-order valence-electron chi connectivity index (χ4n) is 4.17. The molecule has 0 unspecified atom stereocenters. The zero-order valence-corrected chi connectivity index (χ0v) is 10.6. The predicted molar refractivity (Wildman–Crippen MR) is 62.8 cm³/mol. The van der Waals surface area contributed by atoms with Crippen LogP contribution in [0.3, 0.4) is 0 Å². The lowest BCUT2D eigenvalue weighted by atomic mass is 9.72. The average molecular weight is 211 g/mol. The first-order valence-corrected chi connectivity index (χ1v) is 6.42. The first kappa shape index (κ1) is 11.4. The van der Waals surface area contributed by atoms with Crippen LogP contribution in [-0.4, -0.2) is 34.7 Å². The SMILES string of the molecule is CCN(CC)[C@]12CC[C@H](C1)C(C)(C)[C@H]2O. The van der Waals surface area contributed by atoms with Crippen LogP contribution in [0.5, 0.6) is 0 Å². The highest BCUT2D eigenvalue weighted by molar-refractivity contribution is 5.16. The van der Waals surface area contributed by atoms with Gasteiger partial charge in [0.25, 0.3) is 0 Å². The van der Waals surface area contributed by atoms with Gasteiger partial charge in [-0.25, -0.2) is 0 Å². The van der Waals surface area contributed by atoms with Crippen LogP contribution in [0.15, 0.2) is 0 Å². The van der Waals surface area contributed by atoms with Crippen LogP contribution in [0, 0.1) is 11.3 Å². The van der Waals surface area contributed by atoms with Gasteiger partial charge in [-0.1, -0.05) is 27.7 Å². The normalized spacial score (nSPS) is 42.8. The lowest BCUT2D eigenvalue weighted by molar-refractivity contribution is -0.0689. The maximum absolute atomic E-state index is 10.6. The summed E-state index contributed by atoms with van der Waals surface area (Å²) in [5, 5.41) is 10.6. The van der Waals surface area contributed by atoms with E-state index in [0.29, 0.717) is 0 Å². The minimum Gasteiger partial charge on any atom is -0.391 e. The van der Waals surface area contributed by atoms with Crippen LogP contribution in [-0.2, 0) is 0 Å². The third-order valence-corrected chi connectivity index (χ3v) is 5.18. The molecule has 15 heavy (non-hydrogen) atoms. The van der Waals surface area contributed by atoms with Gasteiger partial charge in [0, 0.05) is 5.54 Å². The Hall–Kier alpha value is -0.0800. The minimum atomic E-state index is -0.136. The van der Waals surface area contributed by atoms with Crippen molar-refractivity contribution in [2.45, 2.75) is 58.6 Å². The van der Waals surface area contributed by atoms with Gasteiger partial charge in [0.1, 0.15) is 0 Å². The summed E-state index contributed by atoms with van der Waals surface area (Å²) in [6.45, 7) is 11.0. The van der Waals surface area contributed by atoms with Gasteiger partial charge in [-0.3, -0.25) is 4.90 Å². The van der Waals surface area contributed by atoms with Gasteiger partial charge in [-0.05, 0) is 43.7 Å². The molecule has 2 rings (SSSR count). The number of hydrogen-bond donors (Lipinski definition) is 1. The molecule has 2 aliphatic rings. The van der Waals surface area contributed by atoms with E-state index in [4.69, 9.17) is 0 Å². The van der Waals surface area contributed by atoms with Gasteiger partial charge in [0.2, 0.25) is 0 Å².